The predicted molar refractivity (Wildman–Crippen MR) is 88.7 cm³/mol. The number of nitrogens with zero attached hydrogens (tertiary/aromatic N) is 2. The van der Waals surface area contributed by atoms with Crippen LogP contribution in [0, 0.1) is 0 Å². The molecule has 0 bridgehead atoms. The second kappa shape index (κ2) is 6.87. The molecule has 1 fully saturated rings. The average molecular weight is 311 g/mol. The number of hydrogen-bond acceptors (Lipinski definition) is 4. The van der Waals surface area contributed by atoms with Crippen LogP contribution >= 0.6 is 0 Å². The van der Waals surface area contributed by atoms with Gasteiger partial charge in [-0.25, -0.2) is 9.97 Å². The van der Waals surface area contributed by atoms with Crippen molar-refractivity contribution in [3.8, 4) is 11.4 Å². The van der Waals surface area contributed by atoms with E-state index in [2.05, 4.69) is 15.3 Å². The molecule has 0 unspecified atom stereocenters. The minimum Gasteiger partial charge on any atom is -0.389 e. The van der Waals surface area contributed by atoms with Crippen LogP contribution in [-0.4, -0.2) is 26.6 Å². The SMILES string of the molecule is O=C(CC1(O)CCCCC1)Nc1cnc(-c2ccccc2)nc1. The molecule has 5 heteroatoms. The Balaban J connectivity index is 1.61. The normalized spacial score (nSPS) is 16.7. The number of carbonyl (C=O) groups excluding carboxylic acids is 1. The Morgan fingerprint density at radius 3 is 2.39 bits per heavy atom. The molecule has 1 heterocycles. The van der Waals surface area contributed by atoms with Crippen molar-refractivity contribution in [2.75, 3.05) is 5.32 Å². The van der Waals surface area contributed by atoms with E-state index in [4.69, 9.17) is 0 Å². The van der Waals surface area contributed by atoms with E-state index in [1.807, 2.05) is 30.3 Å². The van der Waals surface area contributed by atoms with Gasteiger partial charge < -0.3 is 10.4 Å². The molecule has 0 spiro atoms. The van der Waals surface area contributed by atoms with Crippen LogP contribution in [0.1, 0.15) is 38.5 Å². The lowest BCUT2D eigenvalue weighted by Gasteiger charge is -2.31. The zero-order chi connectivity index (χ0) is 16.1. The second-order valence-corrected chi connectivity index (χ2v) is 6.17. The Bertz CT molecular complexity index is 650. The molecule has 120 valence electrons. The monoisotopic (exact) mass is 311 g/mol. The molecule has 0 saturated heterocycles. The fourth-order valence-electron chi connectivity index (χ4n) is 3.02. The van der Waals surface area contributed by atoms with Gasteiger partial charge in [0.2, 0.25) is 5.91 Å². The Morgan fingerprint density at radius 2 is 1.74 bits per heavy atom. The molecule has 0 radical (unpaired) electrons. The number of hydrogen-bond donors (Lipinski definition) is 2. The third kappa shape index (κ3) is 4.13. The van der Waals surface area contributed by atoms with E-state index in [0.717, 1.165) is 24.8 Å². The number of carbonyl (C=O) groups is 1. The molecule has 1 aromatic heterocycles. The first kappa shape index (κ1) is 15.6. The molecule has 1 aromatic carbocycles. The van der Waals surface area contributed by atoms with Gasteiger partial charge in [0.15, 0.2) is 5.82 Å². The van der Waals surface area contributed by atoms with Crippen LogP contribution < -0.4 is 5.32 Å². The number of anilines is 1. The lowest BCUT2D eigenvalue weighted by molar-refractivity contribution is -0.122. The number of nitrogens with one attached hydrogen (secondary N) is 1. The fourth-order valence-corrected chi connectivity index (χ4v) is 3.02. The quantitative estimate of drug-likeness (QED) is 0.909. The molecule has 0 atom stereocenters. The van der Waals surface area contributed by atoms with Gasteiger partial charge in [0.05, 0.1) is 30.1 Å². The van der Waals surface area contributed by atoms with Gasteiger partial charge >= 0.3 is 0 Å². The summed E-state index contributed by atoms with van der Waals surface area (Å²) in [5.74, 6) is 0.431. The van der Waals surface area contributed by atoms with Gasteiger partial charge in [-0.2, -0.15) is 0 Å². The lowest BCUT2D eigenvalue weighted by atomic mass is 9.82. The van der Waals surface area contributed by atoms with Gasteiger partial charge in [0, 0.05) is 5.56 Å². The van der Waals surface area contributed by atoms with E-state index in [1.165, 1.54) is 0 Å². The molecule has 5 nitrogen and oxygen atoms in total. The number of amides is 1. The highest BCUT2D eigenvalue weighted by Gasteiger charge is 2.31. The van der Waals surface area contributed by atoms with Crippen molar-refractivity contribution in [2.45, 2.75) is 44.1 Å². The first-order valence-corrected chi connectivity index (χ1v) is 8.04. The standard InChI is InChI=1S/C18H21N3O2/c22-16(11-18(23)9-5-2-6-10-18)21-15-12-19-17(20-13-15)14-7-3-1-4-8-14/h1,3-4,7-8,12-13,23H,2,5-6,9-11H2,(H,21,22). The molecule has 1 aliphatic carbocycles. The summed E-state index contributed by atoms with van der Waals surface area (Å²) in [4.78, 5) is 20.7. The first-order chi connectivity index (χ1) is 11.1. The molecule has 1 amide bonds. The number of aliphatic hydroxyl groups is 1. The highest BCUT2D eigenvalue weighted by Crippen LogP contribution is 2.31. The molecular formula is C18H21N3O2. The molecule has 23 heavy (non-hydrogen) atoms. The Labute approximate surface area is 135 Å². The van der Waals surface area contributed by atoms with Crippen LogP contribution in [0.2, 0.25) is 0 Å². The minimum atomic E-state index is -0.854. The fraction of sp³-hybridized carbons (Fsp3) is 0.389. The molecule has 1 aliphatic rings. The summed E-state index contributed by atoms with van der Waals surface area (Å²) in [6, 6.07) is 9.67. The van der Waals surface area contributed by atoms with Crippen molar-refractivity contribution < 1.29 is 9.90 Å². The van der Waals surface area contributed by atoms with Gasteiger partial charge in [-0.05, 0) is 12.8 Å². The second-order valence-electron chi connectivity index (χ2n) is 6.17. The van der Waals surface area contributed by atoms with Crippen molar-refractivity contribution in [3.05, 3.63) is 42.7 Å². The summed E-state index contributed by atoms with van der Waals surface area (Å²) in [5.41, 5.74) is 0.628. The lowest BCUT2D eigenvalue weighted by Crippen LogP contribution is -2.35. The molecule has 3 rings (SSSR count). The summed E-state index contributed by atoms with van der Waals surface area (Å²) in [6.07, 6.45) is 7.83. The van der Waals surface area contributed by atoms with Crippen molar-refractivity contribution in [1.29, 1.82) is 0 Å². The van der Waals surface area contributed by atoms with Gasteiger partial charge in [-0.1, -0.05) is 49.6 Å². The Hall–Kier alpha value is -2.27. The molecule has 2 aromatic rings. The van der Waals surface area contributed by atoms with Crippen molar-refractivity contribution >= 4 is 11.6 Å². The number of rotatable bonds is 4. The van der Waals surface area contributed by atoms with Gasteiger partial charge in [0.1, 0.15) is 0 Å². The zero-order valence-corrected chi connectivity index (χ0v) is 13.0. The Kier molecular flexibility index (Phi) is 4.67. The predicted octanol–water partition coefficient (Wildman–Crippen LogP) is 3.17. The van der Waals surface area contributed by atoms with Crippen LogP contribution in [0.4, 0.5) is 5.69 Å². The molecule has 2 N–H and O–H groups in total. The van der Waals surface area contributed by atoms with E-state index < -0.39 is 5.60 Å². The smallest absolute Gasteiger partial charge is 0.227 e. The van der Waals surface area contributed by atoms with E-state index in [9.17, 15) is 9.90 Å². The molecule has 0 aliphatic heterocycles. The van der Waals surface area contributed by atoms with Crippen LogP contribution in [0.15, 0.2) is 42.7 Å². The average Bonchev–Trinajstić information content (AvgIpc) is 2.56. The maximum Gasteiger partial charge on any atom is 0.227 e. The van der Waals surface area contributed by atoms with Gasteiger partial charge in [-0.3, -0.25) is 4.79 Å². The summed E-state index contributed by atoms with van der Waals surface area (Å²) in [6.45, 7) is 0. The van der Waals surface area contributed by atoms with E-state index in [0.29, 0.717) is 24.4 Å². The molecule has 1 saturated carbocycles. The first-order valence-electron chi connectivity index (χ1n) is 8.04. The van der Waals surface area contributed by atoms with E-state index in [1.54, 1.807) is 12.4 Å². The van der Waals surface area contributed by atoms with Crippen LogP contribution in [0.3, 0.4) is 0 Å². The molecular weight excluding hydrogens is 290 g/mol. The largest absolute Gasteiger partial charge is 0.389 e. The van der Waals surface area contributed by atoms with E-state index >= 15 is 0 Å². The number of aromatic nitrogens is 2. The highest BCUT2D eigenvalue weighted by molar-refractivity contribution is 5.91. The van der Waals surface area contributed by atoms with Gasteiger partial charge in [-0.15, -0.1) is 0 Å². The number of benzene rings is 1. The topological polar surface area (TPSA) is 75.1 Å². The summed E-state index contributed by atoms with van der Waals surface area (Å²) < 4.78 is 0. The van der Waals surface area contributed by atoms with Crippen LogP contribution in [0.25, 0.3) is 11.4 Å². The van der Waals surface area contributed by atoms with Crippen LogP contribution in [0.5, 0.6) is 0 Å². The minimum absolute atomic E-state index is 0.132. The van der Waals surface area contributed by atoms with Crippen molar-refractivity contribution in [1.82, 2.24) is 9.97 Å². The van der Waals surface area contributed by atoms with E-state index in [-0.39, 0.29) is 12.3 Å². The third-order valence-corrected chi connectivity index (χ3v) is 4.24. The van der Waals surface area contributed by atoms with Gasteiger partial charge in [0.25, 0.3) is 0 Å². The Morgan fingerprint density at radius 1 is 1.09 bits per heavy atom. The summed E-state index contributed by atoms with van der Waals surface area (Å²) >= 11 is 0. The maximum atomic E-state index is 12.1. The summed E-state index contributed by atoms with van der Waals surface area (Å²) in [5, 5.41) is 13.2. The highest BCUT2D eigenvalue weighted by atomic mass is 16.3. The van der Waals surface area contributed by atoms with Crippen LogP contribution in [-0.2, 0) is 4.79 Å². The summed E-state index contributed by atoms with van der Waals surface area (Å²) in [7, 11) is 0. The zero-order valence-electron chi connectivity index (χ0n) is 13.0. The maximum absolute atomic E-state index is 12.1. The van der Waals surface area contributed by atoms with Crippen molar-refractivity contribution in [3.63, 3.8) is 0 Å². The van der Waals surface area contributed by atoms with Crippen molar-refractivity contribution in [2.24, 2.45) is 0 Å². The third-order valence-electron chi connectivity index (χ3n) is 4.24.